The SMILES string of the molecule is COc1ccc([C@H]2C(C(=O)OC[C@H]3CCCO3)=C(C)NC3=C2C(=O)CC(C)(C)C3)cc1Cl. The van der Waals surface area contributed by atoms with Crippen molar-refractivity contribution < 1.29 is 23.8 Å². The van der Waals surface area contributed by atoms with Gasteiger partial charge in [-0.1, -0.05) is 31.5 Å². The lowest BCUT2D eigenvalue weighted by Crippen LogP contribution is -2.39. The summed E-state index contributed by atoms with van der Waals surface area (Å²) in [7, 11) is 1.55. The van der Waals surface area contributed by atoms with E-state index in [9.17, 15) is 9.59 Å². The van der Waals surface area contributed by atoms with Crippen LogP contribution in [-0.2, 0) is 19.1 Å². The van der Waals surface area contributed by atoms with Crippen molar-refractivity contribution in [1.29, 1.82) is 0 Å². The summed E-state index contributed by atoms with van der Waals surface area (Å²) < 4.78 is 16.6. The predicted octanol–water partition coefficient (Wildman–Crippen LogP) is 4.67. The summed E-state index contributed by atoms with van der Waals surface area (Å²) in [6.07, 6.45) is 2.93. The third-order valence-electron chi connectivity index (χ3n) is 6.39. The number of halogens is 1. The number of hydrogen-bond acceptors (Lipinski definition) is 6. The van der Waals surface area contributed by atoms with Gasteiger partial charge in [0, 0.05) is 35.9 Å². The summed E-state index contributed by atoms with van der Waals surface area (Å²) >= 11 is 6.43. The van der Waals surface area contributed by atoms with E-state index in [1.807, 2.05) is 13.0 Å². The molecule has 172 valence electrons. The zero-order chi connectivity index (χ0) is 23.0. The van der Waals surface area contributed by atoms with Crippen molar-refractivity contribution in [2.24, 2.45) is 5.41 Å². The number of hydrogen-bond donors (Lipinski definition) is 1. The maximum Gasteiger partial charge on any atom is 0.336 e. The molecule has 2 aliphatic heterocycles. The fourth-order valence-electron chi connectivity index (χ4n) is 4.92. The number of rotatable bonds is 5. The van der Waals surface area contributed by atoms with E-state index in [0.29, 0.717) is 40.6 Å². The largest absolute Gasteiger partial charge is 0.495 e. The number of allylic oxidation sites excluding steroid dienone is 3. The maximum atomic E-state index is 13.3. The highest BCUT2D eigenvalue weighted by Gasteiger charge is 2.43. The van der Waals surface area contributed by atoms with Crippen molar-refractivity contribution in [2.45, 2.75) is 58.5 Å². The van der Waals surface area contributed by atoms with Crippen LogP contribution in [0.15, 0.2) is 40.7 Å². The summed E-state index contributed by atoms with van der Waals surface area (Å²) in [5, 5.41) is 3.78. The first-order valence-electron chi connectivity index (χ1n) is 11.1. The van der Waals surface area contributed by atoms with E-state index in [1.165, 1.54) is 0 Å². The number of benzene rings is 1. The Morgan fingerprint density at radius 1 is 1.31 bits per heavy atom. The maximum absolute atomic E-state index is 13.3. The molecule has 6 nitrogen and oxygen atoms in total. The van der Waals surface area contributed by atoms with Gasteiger partial charge in [-0.25, -0.2) is 4.79 Å². The number of ether oxygens (including phenoxy) is 3. The normalized spacial score (nSPS) is 24.8. The summed E-state index contributed by atoms with van der Waals surface area (Å²) in [4.78, 5) is 26.6. The molecule has 4 rings (SSSR count). The molecule has 1 aromatic carbocycles. The minimum atomic E-state index is -0.546. The molecule has 0 aromatic heterocycles. The highest BCUT2D eigenvalue weighted by atomic mass is 35.5. The molecule has 1 fully saturated rings. The molecule has 0 unspecified atom stereocenters. The molecular weight excluding hydrogens is 430 g/mol. The van der Waals surface area contributed by atoms with Gasteiger partial charge in [-0.2, -0.15) is 0 Å². The van der Waals surface area contributed by atoms with Crippen molar-refractivity contribution in [3.8, 4) is 5.75 Å². The number of dihydropyridines is 1. The topological polar surface area (TPSA) is 73.9 Å². The fraction of sp³-hybridized carbons (Fsp3) is 0.520. The van der Waals surface area contributed by atoms with Gasteiger partial charge in [0.05, 0.1) is 23.8 Å². The van der Waals surface area contributed by atoms with Crippen LogP contribution >= 0.6 is 11.6 Å². The third-order valence-corrected chi connectivity index (χ3v) is 6.69. The van der Waals surface area contributed by atoms with Crippen molar-refractivity contribution in [1.82, 2.24) is 5.32 Å². The second-order valence-electron chi connectivity index (χ2n) is 9.56. The van der Waals surface area contributed by atoms with Crippen LogP contribution in [0.4, 0.5) is 0 Å². The average molecular weight is 460 g/mol. The molecule has 2 heterocycles. The smallest absolute Gasteiger partial charge is 0.336 e. The zero-order valence-electron chi connectivity index (χ0n) is 19.0. The minimum absolute atomic E-state index is 0.0395. The molecule has 0 radical (unpaired) electrons. The quantitative estimate of drug-likeness (QED) is 0.645. The molecule has 1 N–H and O–H groups in total. The predicted molar refractivity (Wildman–Crippen MR) is 122 cm³/mol. The Morgan fingerprint density at radius 2 is 2.09 bits per heavy atom. The van der Waals surface area contributed by atoms with Crippen LogP contribution in [0, 0.1) is 5.41 Å². The van der Waals surface area contributed by atoms with Gasteiger partial charge in [0.15, 0.2) is 5.78 Å². The van der Waals surface area contributed by atoms with E-state index in [1.54, 1.807) is 19.2 Å². The number of Topliss-reactive ketones (excluding diaryl/α,β-unsaturated/α-hetero) is 1. The fourth-order valence-corrected chi connectivity index (χ4v) is 5.19. The van der Waals surface area contributed by atoms with E-state index >= 15 is 0 Å². The lowest BCUT2D eigenvalue weighted by Gasteiger charge is -2.39. The standard InChI is InChI=1S/C25H30ClNO5/c1-14-21(24(29)32-13-16-6-5-9-31-16)22(15-7-8-20(30-4)17(26)10-15)23-18(27-14)11-25(2,3)12-19(23)28/h7-8,10,16,22,27H,5-6,9,11-13H2,1-4H3/t16-,22+/m1/s1. The van der Waals surface area contributed by atoms with Crippen LogP contribution in [0.5, 0.6) is 5.75 Å². The van der Waals surface area contributed by atoms with Gasteiger partial charge >= 0.3 is 5.97 Å². The van der Waals surface area contributed by atoms with Crippen molar-refractivity contribution in [3.63, 3.8) is 0 Å². The second-order valence-corrected chi connectivity index (χ2v) is 9.96. The van der Waals surface area contributed by atoms with E-state index in [-0.39, 0.29) is 23.9 Å². The highest BCUT2D eigenvalue weighted by molar-refractivity contribution is 6.32. The van der Waals surface area contributed by atoms with Crippen molar-refractivity contribution in [3.05, 3.63) is 51.3 Å². The number of nitrogens with one attached hydrogen (secondary N) is 1. The van der Waals surface area contributed by atoms with Crippen LogP contribution in [0.25, 0.3) is 0 Å². The first-order chi connectivity index (χ1) is 15.2. The first kappa shape index (κ1) is 22.9. The van der Waals surface area contributed by atoms with Crippen molar-refractivity contribution in [2.75, 3.05) is 20.3 Å². The van der Waals surface area contributed by atoms with Gasteiger partial charge < -0.3 is 19.5 Å². The second kappa shape index (κ2) is 8.91. The molecule has 3 aliphatic rings. The zero-order valence-corrected chi connectivity index (χ0v) is 19.8. The Balaban J connectivity index is 1.74. The lowest BCUT2D eigenvalue weighted by atomic mass is 9.68. The van der Waals surface area contributed by atoms with Gasteiger partial charge in [-0.15, -0.1) is 0 Å². The van der Waals surface area contributed by atoms with Gasteiger partial charge in [0.1, 0.15) is 12.4 Å². The monoisotopic (exact) mass is 459 g/mol. The highest BCUT2D eigenvalue weighted by Crippen LogP contribution is 2.47. The van der Waals surface area contributed by atoms with E-state index in [4.69, 9.17) is 25.8 Å². The summed E-state index contributed by atoms with van der Waals surface area (Å²) in [5.74, 6) is -0.405. The van der Waals surface area contributed by atoms with E-state index < -0.39 is 11.9 Å². The molecule has 32 heavy (non-hydrogen) atoms. The molecule has 1 aromatic rings. The Kier molecular flexibility index (Phi) is 6.37. The van der Waals surface area contributed by atoms with Crippen LogP contribution in [0.1, 0.15) is 57.9 Å². The Bertz CT molecular complexity index is 1000. The molecule has 0 saturated carbocycles. The summed E-state index contributed by atoms with van der Waals surface area (Å²) in [5.41, 5.74) is 3.25. The molecule has 0 spiro atoms. The summed E-state index contributed by atoms with van der Waals surface area (Å²) in [6, 6.07) is 5.40. The lowest BCUT2D eigenvalue weighted by molar-refractivity contribution is -0.142. The van der Waals surface area contributed by atoms with E-state index in [2.05, 4.69) is 19.2 Å². The Labute approximate surface area is 193 Å². The third kappa shape index (κ3) is 4.44. The molecule has 1 saturated heterocycles. The number of esters is 1. The van der Waals surface area contributed by atoms with Gasteiger partial charge in [-0.05, 0) is 49.3 Å². The molecule has 1 aliphatic carbocycles. The van der Waals surface area contributed by atoms with Crippen LogP contribution in [0.2, 0.25) is 5.02 Å². The number of ketones is 1. The minimum Gasteiger partial charge on any atom is -0.495 e. The Hall–Kier alpha value is -2.31. The van der Waals surface area contributed by atoms with Gasteiger partial charge in [0.25, 0.3) is 0 Å². The molecular formula is C25H30ClNO5. The average Bonchev–Trinajstić information content (AvgIpc) is 3.23. The van der Waals surface area contributed by atoms with Gasteiger partial charge in [-0.3, -0.25) is 4.79 Å². The van der Waals surface area contributed by atoms with Crippen LogP contribution in [0.3, 0.4) is 0 Å². The van der Waals surface area contributed by atoms with E-state index in [0.717, 1.165) is 30.5 Å². The van der Waals surface area contributed by atoms with Gasteiger partial charge in [0.2, 0.25) is 0 Å². The molecule has 7 heteroatoms. The number of carbonyl (C=O) groups excluding carboxylic acids is 2. The van der Waals surface area contributed by atoms with Crippen LogP contribution in [-0.4, -0.2) is 38.2 Å². The Morgan fingerprint density at radius 3 is 2.75 bits per heavy atom. The molecule has 2 atom stereocenters. The summed E-state index contributed by atoms with van der Waals surface area (Å²) in [6.45, 7) is 6.92. The molecule has 0 amide bonds. The number of carbonyl (C=O) groups is 2. The number of methoxy groups -OCH3 is 1. The van der Waals surface area contributed by atoms with Crippen molar-refractivity contribution >= 4 is 23.4 Å². The molecule has 0 bridgehead atoms. The first-order valence-corrected chi connectivity index (χ1v) is 11.4. The van der Waals surface area contributed by atoms with Crippen LogP contribution < -0.4 is 10.1 Å².